The molecule has 0 aliphatic rings. The molecule has 5 heteroatoms. The quantitative estimate of drug-likeness (QED) is 0.566. The van der Waals surface area contributed by atoms with Gasteiger partial charge in [0.25, 0.3) is 0 Å². The molecule has 0 unspecified atom stereocenters. The molecule has 0 aliphatic carbocycles. The molecule has 1 atom stereocenters. The number of aliphatic hydroxyl groups is 1. The summed E-state index contributed by atoms with van der Waals surface area (Å²) in [5.41, 5.74) is 0.750. The number of ether oxygens (including phenoxy) is 1. The molecule has 0 saturated heterocycles. The van der Waals surface area contributed by atoms with Crippen molar-refractivity contribution in [2.75, 3.05) is 7.11 Å². The van der Waals surface area contributed by atoms with Gasteiger partial charge in [-0.25, -0.2) is 0 Å². The maximum absolute atomic E-state index is 9.35. The Bertz CT molecular complexity index is 312. The number of rotatable bonds is 3. The van der Waals surface area contributed by atoms with Gasteiger partial charge in [0.15, 0.2) is 0 Å². The average molecular weight is 196 g/mol. The first kappa shape index (κ1) is 11.0. The van der Waals surface area contributed by atoms with Crippen LogP contribution >= 0.6 is 0 Å². The largest absolute Gasteiger partial charge is 0.497 e. The molecule has 0 radical (unpaired) electrons. The Hall–Kier alpha value is -1.04. The molecule has 0 bridgehead atoms. The molecule has 14 heavy (non-hydrogen) atoms. The lowest BCUT2D eigenvalue weighted by Gasteiger charge is -2.12. The molecule has 0 amide bonds. The van der Waals surface area contributed by atoms with Crippen LogP contribution in [0.4, 0.5) is 0 Å². The Labute approximate surface area is 82.9 Å². The highest BCUT2D eigenvalue weighted by Gasteiger charge is 2.19. The smallest absolute Gasteiger partial charge is 0.488 e. The second kappa shape index (κ2) is 4.46. The third kappa shape index (κ3) is 2.26. The summed E-state index contributed by atoms with van der Waals surface area (Å²) in [5, 5.41) is 27.5. The number of aliphatic hydroxyl groups excluding tert-OH is 1. The van der Waals surface area contributed by atoms with Crippen LogP contribution in [0.1, 0.15) is 18.6 Å². The molecule has 0 heterocycles. The Balaban J connectivity index is 3.17. The molecule has 0 aromatic heterocycles. The van der Waals surface area contributed by atoms with Crippen LogP contribution in [0.3, 0.4) is 0 Å². The summed E-state index contributed by atoms with van der Waals surface area (Å²) >= 11 is 0. The molecular weight excluding hydrogens is 183 g/mol. The van der Waals surface area contributed by atoms with E-state index in [-0.39, 0.29) is 5.46 Å². The van der Waals surface area contributed by atoms with Gasteiger partial charge in [-0.1, -0.05) is 6.07 Å². The van der Waals surface area contributed by atoms with E-state index in [9.17, 15) is 5.11 Å². The van der Waals surface area contributed by atoms with E-state index in [4.69, 9.17) is 14.8 Å². The highest BCUT2D eigenvalue weighted by Crippen LogP contribution is 2.15. The zero-order valence-electron chi connectivity index (χ0n) is 8.14. The van der Waals surface area contributed by atoms with Crippen LogP contribution in [-0.2, 0) is 0 Å². The van der Waals surface area contributed by atoms with E-state index in [2.05, 4.69) is 0 Å². The lowest BCUT2D eigenvalue weighted by atomic mass is 9.76. The summed E-state index contributed by atoms with van der Waals surface area (Å²) < 4.78 is 4.94. The number of methoxy groups -OCH3 is 1. The number of benzene rings is 1. The summed E-state index contributed by atoms with van der Waals surface area (Å²) in [6.45, 7) is 1.56. The van der Waals surface area contributed by atoms with Crippen molar-refractivity contribution in [3.8, 4) is 5.75 Å². The zero-order valence-corrected chi connectivity index (χ0v) is 8.14. The summed E-state index contributed by atoms with van der Waals surface area (Å²) in [4.78, 5) is 0. The van der Waals surface area contributed by atoms with Gasteiger partial charge in [0, 0.05) is 0 Å². The Morgan fingerprint density at radius 2 is 2.00 bits per heavy atom. The van der Waals surface area contributed by atoms with Gasteiger partial charge in [-0.05, 0) is 30.1 Å². The molecule has 1 aromatic rings. The first-order chi connectivity index (χ1) is 6.56. The van der Waals surface area contributed by atoms with Crippen LogP contribution < -0.4 is 10.2 Å². The first-order valence-corrected chi connectivity index (χ1v) is 4.28. The van der Waals surface area contributed by atoms with Gasteiger partial charge in [0.1, 0.15) is 5.75 Å². The van der Waals surface area contributed by atoms with Crippen molar-refractivity contribution in [2.24, 2.45) is 0 Å². The number of hydrogen-bond acceptors (Lipinski definition) is 4. The molecule has 0 aliphatic heterocycles. The first-order valence-electron chi connectivity index (χ1n) is 4.28. The minimum atomic E-state index is -1.60. The van der Waals surface area contributed by atoms with E-state index >= 15 is 0 Å². The van der Waals surface area contributed by atoms with E-state index in [0.29, 0.717) is 11.3 Å². The Kier molecular flexibility index (Phi) is 3.52. The summed E-state index contributed by atoms with van der Waals surface area (Å²) in [6.07, 6.45) is -0.738. The SMILES string of the molecule is COc1ccc([C@@H](C)O)c(B(O)O)c1. The van der Waals surface area contributed by atoms with E-state index < -0.39 is 13.2 Å². The lowest BCUT2D eigenvalue weighted by molar-refractivity contribution is 0.200. The maximum Gasteiger partial charge on any atom is 0.488 e. The van der Waals surface area contributed by atoms with Crippen molar-refractivity contribution in [3.05, 3.63) is 23.8 Å². The molecule has 76 valence electrons. The van der Waals surface area contributed by atoms with E-state index in [0.717, 1.165) is 0 Å². The van der Waals surface area contributed by atoms with Crippen LogP contribution in [0.5, 0.6) is 5.75 Å². The Morgan fingerprint density at radius 1 is 1.36 bits per heavy atom. The van der Waals surface area contributed by atoms with E-state index in [1.165, 1.54) is 13.2 Å². The lowest BCUT2D eigenvalue weighted by Crippen LogP contribution is -2.33. The van der Waals surface area contributed by atoms with Gasteiger partial charge >= 0.3 is 7.12 Å². The Morgan fingerprint density at radius 3 is 2.43 bits per heavy atom. The van der Waals surface area contributed by atoms with Gasteiger partial charge in [-0.15, -0.1) is 0 Å². The van der Waals surface area contributed by atoms with Gasteiger partial charge in [-0.2, -0.15) is 0 Å². The predicted molar refractivity (Wildman–Crippen MR) is 53.5 cm³/mol. The molecule has 1 rings (SSSR count). The minimum absolute atomic E-state index is 0.263. The third-order valence-electron chi connectivity index (χ3n) is 2.02. The fourth-order valence-corrected chi connectivity index (χ4v) is 1.28. The van der Waals surface area contributed by atoms with Crippen LogP contribution in [-0.4, -0.2) is 29.4 Å². The van der Waals surface area contributed by atoms with Crippen molar-refractivity contribution < 1.29 is 19.9 Å². The fraction of sp³-hybridized carbons (Fsp3) is 0.333. The predicted octanol–water partition coefficient (Wildman–Crippen LogP) is -0.572. The van der Waals surface area contributed by atoms with Crippen LogP contribution in [0.25, 0.3) is 0 Å². The highest BCUT2D eigenvalue weighted by molar-refractivity contribution is 6.59. The minimum Gasteiger partial charge on any atom is -0.497 e. The van der Waals surface area contributed by atoms with Gasteiger partial charge < -0.3 is 19.9 Å². The van der Waals surface area contributed by atoms with Crippen molar-refractivity contribution in [3.63, 3.8) is 0 Å². The number of hydrogen-bond donors (Lipinski definition) is 3. The van der Waals surface area contributed by atoms with Crippen molar-refractivity contribution in [1.29, 1.82) is 0 Å². The fourth-order valence-electron chi connectivity index (χ4n) is 1.28. The topological polar surface area (TPSA) is 69.9 Å². The van der Waals surface area contributed by atoms with Crippen molar-refractivity contribution in [2.45, 2.75) is 13.0 Å². The van der Waals surface area contributed by atoms with Gasteiger partial charge in [0.05, 0.1) is 13.2 Å². The summed E-state index contributed by atoms with van der Waals surface area (Å²) in [6, 6.07) is 4.76. The van der Waals surface area contributed by atoms with Crippen LogP contribution in [0, 0.1) is 0 Å². The van der Waals surface area contributed by atoms with E-state index in [1.807, 2.05) is 0 Å². The van der Waals surface area contributed by atoms with Crippen LogP contribution in [0.15, 0.2) is 18.2 Å². The van der Waals surface area contributed by atoms with Crippen LogP contribution in [0.2, 0.25) is 0 Å². The van der Waals surface area contributed by atoms with E-state index in [1.54, 1.807) is 19.1 Å². The zero-order chi connectivity index (χ0) is 10.7. The molecule has 3 N–H and O–H groups in total. The molecule has 4 nitrogen and oxygen atoms in total. The summed E-state index contributed by atoms with van der Waals surface area (Å²) in [5.74, 6) is 0.525. The standard InChI is InChI=1S/C9H13BO4/c1-6(11)8-4-3-7(14-2)5-9(8)10(12)13/h3-6,11-13H,1-2H3/t6-/m1/s1. The molecule has 0 fully saturated rings. The van der Waals surface area contributed by atoms with Crippen molar-refractivity contribution in [1.82, 2.24) is 0 Å². The second-order valence-electron chi connectivity index (χ2n) is 3.04. The van der Waals surface area contributed by atoms with Gasteiger partial charge in [0.2, 0.25) is 0 Å². The third-order valence-corrected chi connectivity index (χ3v) is 2.02. The monoisotopic (exact) mass is 196 g/mol. The summed E-state index contributed by atoms with van der Waals surface area (Å²) in [7, 11) is -0.111. The van der Waals surface area contributed by atoms with Gasteiger partial charge in [-0.3, -0.25) is 0 Å². The molecule has 0 spiro atoms. The normalized spacial score (nSPS) is 12.4. The average Bonchev–Trinajstić information content (AvgIpc) is 2.16. The van der Waals surface area contributed by atoms with Crippen molar-refractivity contribution >= 4 is 12.6 Å². The molecule has 0 saturated carbocycles. The second-order valence-corrected chi connectivity index (χ2v) is 3.04. The molecule has 1 aromatic carbocycles. The highest BCUT2D eigenvalue weighted by atomic mass is 16.5. The molecular formula is C9H13BO4. The maximum atomic E-state index is 9.35.